The molecule has 2 aliphatic rings. The summed E-state index contributed by atoms with van der Waals surface area (Å²) in [6.45, 7) is 4.70. The first-order valence-corrected chi connectivity index (χ1v) is 11.0. The number of hydrogen-bond donors (Lipinski definition) is 1. The molecule has 27 heavy (non-hydrogen) atoms. The SMILES string of the molecule is CCNC(=O)C1CCN(C(=O)c2ccc(S(=O)(=O)N3CCCC3)cc2)CC1. The Labute approximate surface area is 160 Å². The first kappa shape index (κ1) is 19.8. The van der Waals surface area contributed by atoms with Crippen molar-refractivity contribution in [1.82, 2.24) is 14.5 Å². The van der Waals surface area contributed by atoms with E-state index in [-0.39, 0.29) is 22.6 Å². The lowest BCUT2D eigenvalue weighted by Crippen LogP contribution is -2.43. The second-order valence-electron chi connectivity index (χ2n) is 7.10. The van der Waals surface area contributed by atoms with Gasteiger partial charge in [0.2, 0.25) is 15.9 Å². The Hall–Kier alpha value is -1.93. The number of nitrogens with one attached hydrogen (secondary N) is 1. The normalized spacial score (nSPS) is 19.2. The van der Waals surface area contributed by atoms with Crippen molar-refractivity contribution in [1.29, 1.82) is 0 Å². The molecule has 0 unspecified atom stereocenters. The minimum absolute atomic E-state index is 0.0398. The summed E-state index contributed by atoms with van der Waals surface area (Å²) in [4.78, 5) is 26.6. The van der Waals surface area contributed by atoms with Gasteiger partial charge in [-0.2, -0.15) is 4.31 Å². The van der Waals surface area contributed by atoms with Gasteiger partial charge in [0.05, 0.1) is 4.90 Å². The van der Waals surface area contributed by atoms with Crippen LogP contribution in [0.25, 0.3) is 0 Å². The number of benzene rings is 1. The van der Waals surface area contributed by atoms with Gasteiger partial charge in [0.25, 0.3) is 5.91 Å². The zero-order chi connectivity index (χ0) is 19.4. The van der Waals surface area contributed by atoms with Crippen LogP contribution in [0.5, 0.6) is 0 Å². The Balaban J connectivity index is 1.62. The van der Waals surface area contributed by atoms with Crippen molar-refractivity contribution in [2.45, 2.75) is 37.5 Å². The highest BCUT2D eigenvalue weighted by atomic mass is 32.2. The number of rotatable bonds is 5. The molecule has 0 aromatic heterocycles. The monoisotopic (exact) mass is 393 g/mol. The maximum absolute atomic E-state index is 12.7. The van der Waals surface area contributed by atoms with Crippen LogP contribution in [-0.4, -0.2) is 62.2 Å². The fourth-order valence-corrected chi connectivity index (χ4v) is 5.21. The molecule has 2 amide bonds. The molecule has 0 aliphatic carbocycles. The maximum Gasteiger partial charge on any atom is 0.253 e. The molecule has 2 heterocycles. The van der Waals surface area contributed by atoms with Crippen molar-refractivity contribution in [3.05, 3.63) is 29.8 Å². The summed E-state index contributed by atoms with van der Waals surface area (Å²) in [5.41, 5.74) is 0.479. The predicted octanol–water partition coefficient (Wildman–Crippen LogP) is 1.46. The zero-order valence-electron chi connectivity index (χ0n) is 15.7. The van der Waals surface area contributed by atoms with Crippen LogP contribution < -0.4 is 5.32 Å². The first-order valence-electron chi connectivity index (χ1n) is 9.60. The number of carbonyl (C=O) groups is 2. The lowest BCUT2D eigenvalue weighted by molar-refractivity contribution is -0.126. The molecule has 7 nitrogen and oxygen atoms in total. The van der Waals surface area contributed by atoms with Gasteiger partial charge in [-0.3, -0.25) is 9.59 Å². The molecule has 3 rings (SSSR count). The molecule has 2 fully saturated rings. The van der Waals surface area contributed by atoms with E-state index in [2.05, 4.69) is 5.32 Å². The van der Waals surface area contributed by atoms with Crippen LogP contribution in [-0.2, 0) is 14.8 Å². The Morgan fingerprint density at radius 3 is 2.19 bits per heavy atom. The third kappa shape index (κ3) is 4.32. The number of carbonyl (C=O) groups excluding carboxylic acids is 2. The van der Waals surface area contributed by atoms with Crippen LogP contribution in [0.3, 0.4) is 0 Å². The number of amides is 2. The van der Waals surface area contributed by atoms with Gasteiger partial charge >= 0.3 is 0 Å². The Morgan fingerprint density at radius 1 is 1.04 bits per heavy atom. The lowest BCUT2D eigenvalue weighted by Gasteiger charge is -2.31. The van der Waals surface area contributed by atoms with E-state index in [0.717, 1.165) is 12.8 Å². The summed E-state index contributed by atoms with van der Waals surface area (Å²) < 4.78 is 26.6. The minimum atomic E-state index is -3.46. The molecular weight excluding hydrogens is 366 g/mol. The average Bonchev–Trinajstić information content (AvgIpc) is 3.23. The molecule has 2 aliphatic heterocycles. The van der Waals surface area contributed by atoms with Gasteiger partial charge in [-0.05, 0) is 56.9 Å². The highest BCUT2D eigenvalue weighted by Gasteiger charge is 2.29. The Kier molecular flexibility index (Phi) is 6.16. The molecule has 1 aromatic carbocycles. The van der Waals surface area contributed by atoms with Gasteiger partial charge in [0.1, 0.15) is 0 Å². The summed E-state index contributed by atoms with van der Waals surface area (Å²) in [6.07, 6.45) is 3.09. The van der Waals surface area contributed by atoms with E-state index in [1.807, 2.05) is 6.92 Å². The summed E-state index contributed by atoms with van der Waals surface area (Å²) in [6, 6.07) is 6.20. The first-order chi connectivity index (χ1) is 12.9. The molecule has 0 radical (unpaired) electrons. The summed E-state index contributed by atoms with van der Waals surface area (Å²) in [5, 5.41) is 2.83. The van der Waals surface area contributed by atoms with Crippen molar-refractivity contribution in [2.75, 3.05) is 32.7 Å². The van der Waals surface area contributed by atoms with Crippen molar-refractivity contribution in [3.8, 4) is 0 Å². The van der Waals surface area contributed by atoms with Crippen LogP contribution >= 0.6 is 0 Å². The highest BCUT2D eigenvalue weighted by Crippen LogP contribution is 2.23. The third-order valence-electron chi connectivity index (χ3n) is 5.31. The third-order valence-corrected chi connectivity index (χ3v) is 7.22. The predicted molar refractivity (Wildman–Crippen MR) is 102 cm³/mol. The van der Waals surface area contributed by atoms with Gasteiger partial charge in [-0.25, -0.2) is 8.42 Å². The van der Waals surface area contributed by atoms with E-state index in [1.165, 1.54) is 16.4 Å². The molecule has 0 atom stereocenters. The van der Waals surface area contributed by atoms with Crippen LogP contribution in [0.1, 0.15) is 43.0 Å². The topological polar surface area (TPSA) is 86.8 Å². The number of likely N-dealkylation sites (tertiary alicyclic amines) is 1. The smallest absolute Gasteiger partial charge is 0.253 e. The molecule has 0 spiro atoms. The molecule has 148 valence electrons. The highest BCUT2D eigenvalue weighted by molar-refractivity contribution is 7.89. The van der Waals surface area contributed by atoms with E-state index in [1.54, 1.807) is 17.0 Å². The molecule has 0 bridgehead atoms. The van der Waals surface area contributed by atoms with Gasteiger partial charge in [-0.1, -0.05) is 0 Å². The Bertz CT molecular complexity index is 778. The van der Waals surface area contributed by atoms with E-state index in [9.17, 15) is 18.0 Å². The largest absolute Gasteiger partial charge is 0.356 e. The van der Waals surface area contributed by atoms with E-state index >= 15 is 0 Å². The fraction of sp³-hybridized carbons (Fsp3) is 0.579. The molecular formula is C19H27N3O4S. The van der Waals surface area contributed by atoms with E-state index in [4.69, 9.17) is 0 Å². The second kappa shape index (κ2) is 8.39. The lowest BCUT2D eigenvalue weighted by atomic mass is 9.95. The van der Waals surface area contributed by atoms with Crippen LogP contribution in [0.2, 0.25) is 0 Å². The maximum atomic E-state index is 12.7. The second-order valence-corrected chi connectivity index (χ2v) is 9.03. The molecule has 2 saturated heterocycles. The summed E-state index contributed by atoms with van der Waals surface area (Å²) in [7, 11) is -3.46. The fourth-order valence-electron chi connectivity index (χ4n) is 3.69. The van der Waals surface area contributed by atoms with E-state index in [0.29, 0.717) is 51.1 Å². The van der Waals surface area contributed by atoms with Gasteiger partial charge < -0.3 is 10.2 Å². The molecule has 1 N–H and O–H groups in total. The quantitative estimate of drug-likeness (QED) is 0.821. The molecule has 0 saturated carbocycles. The van der Waals surface area contributed by atoms with Crippen molar-refractivity contribution in [2.24, 2.45) is 5.92 Å². The number of sulfonamides is 1. The van der Waals surface area contributed by atoms with Crippen molar-refractivity contribution >= 4 is 21.8 Å². The van der Waals surface area contributed by atoms with Gasteiger partial charge in [0, 0.05) is 44.2 Å². The van der Waals surface area contributed by atoms with E-state index < -0.39 is 10.0 Å². The number of hydrogen-bond acceptors (Lipinski definition) is 4. The average molecular weight is 394 g/mol. The summed E-state index contributed by atoms with van der Waals surface area (Å²) >= 11 is 0. The van der Waals surface area contributed by atoms with Crippen LogP contribution in [0.15, 0.2) is 29.2 Å². The molecule has 8 heteroatoms. The number of piperidine rings is 1. The van der Waals surface area contributed by atoms with Crippen molar-refractivity contribution in [3.63, 3.8) is 0 Å². The van der Waals surface area contributed by atoms with Gasteiger partial charge in [-0.15, -0.1) is 0 Å². The number of nitrogens with zero attached hydrogens (tertiary/aromatic N) is 2. The van der Waals surface area contributed by atoms with Crippen molar-refractivity contribution < 1.29 is 18.0 Å². The minimum Gasteiger partial charge on any atom is -0.356 e. The molecule has 1 aromatic rings. The zero-order valence-corrected chi connectivity index (χ0v) is 16.5. The van der Waals surface area contributed by atoms with Crippen LogP contribution in [0, 0.1) is 5.92 Å². The van der Waals surface area contributed by atoms with Gasteiger partial charge in [0.15, 0.2) is 0 Å². The van der Waals surface area contributed by atoms with Crippen LogP contribution in [0.4, 0.5) is 0 Å². The Morgan fingerprint density at radius 2 is 1.63 bits per heavy atom. The standard InChI is InChI=1S/C19H27N3O4S/c1-2-20-18(23)15-9-13-21(14-10-15)19(24)16-5-7-17(8-6-16)27(25,26)22-11-3-4-12-22/h5-8,15H,2-4,9-14H2,1H3,(H,20,23). The summed E-state index contributed by atoms with van der Waals surface area (Å²) in [5.74, 6) is -0.0995.